The smallest absolute Gasteiger partial charge is 0.322 e. The average molecular weight is 243 g/mol. The van der Waals surface area contributed by atoms with Gasteiger partial charge in [0.25, 0.3) is 0 Å². The lowest BCUT2D eigenvalue weighted by Gasteiger charge is -2.18. The van der Waals surface area contributed by atoms with Crippen molar-refractivity contribution in [1.29, 1.82) is 0 Å². The SMILES string of the molecule is CNC(CCOC1CCCCCC1)C(=O)OC. The molecule has 0 bridgehead atoms. The van der Waals surface area contributed by atoms with Gasteiger partial charge in [-0.2, -0.15) is 0 Å². The largest absolute Gasteiger partial charge is 0.468 e. The van der Waals surface area contributed by atoms with Crippen molar-refractivity contribution in [3.8, 4) is 0 Å². The van der Waals surface area contributed by atoms with Crippen LogP contribution in [-0.2, 0) is 14.3 Å². The van der Waals surface area contributed by atoms with Gasteiger partial charge in [0, 0.05) is 6.61 Å². The van der Waals surface area contributed by atoms with Crippen LogP contribution in [0.2, 0.25) is 0 Å². The fourth-order valence-electron chi connectivity index (χ4n) is 2.28. The summed E-state index contributed by atoms with van der Waals surface area (Å²) in [6, 6.07) is -0.245. The van der Waals surface area contributed by atoms with Crippen molar-refractivity contribution in [2.45, 2.75) is 57.1 Å². The van der Waals surface area contributed by atoms with E-state index < -0.39 is 0 Å². The Morgan fingerprint density at radius 2 is 1.94 bits per heavy atom. The third-order valence-corrected chi connectivity index (χ3v) is 3.40. The van der Waals surface area contributed by atoms with Crippen molar-refractivity contribution in [3.63, 3.8) is 0 Å². The zero-order chi connectivity index (χ0) is 12.5. The molecule has 1 saturated carbocycles. The van der Waals surface area contributed by atoms with E-state index >= 15 is 0 Å². The molecule has 1 N–H and O–H groups in total. The lowest BCUT2D eigenvalue weighted by molar-refractivity contribution is -0.143. The maximum atomic E-state index is 11.3. The molecule has 4 heteroatoms. The summed E-state index contributed by atoms with van der Waals surface area (Å²) in [6.45, 7) is 0.630. The molecule has 1 rings (SSSR count). The number of hydrogen-bond acceptors (Lipinski definition) is 4. The molecule has 0 heterocycles. The summed E-state index contributed by atoms with van der Waals surface area (Å²) >= 11 is 0. The molecule has 1 aliphatic carbocycles. The minimum Gasteiger partial charge on any atom is -0.468 e. The Balaban J connectivity index is 2.18. The van der Waals surface area contributed by atoms with E-state index in [0.29, 0.717) is 19.1 Å². The van der Waals surface area contributed by atoms with Crippen LogP contribution in [0.1, 0.15) is 44.9 Å². The van der Waals surface area contributed by atoms with Gasteiger partial charge in [0.1, 0.15) is 6.04 Å². The lowest BCUT2D eigenvalue weighted by atomic mass is 10.1. The van der Waals surface area contributed by atoms with Gasteiger partial charge in [-0.3, -0.25) is 4.79 Å². The summed E-state index contributed by atoms with van der Waals surface area (Å²) in [7, 11) is 3.19. The van der Waals surface area contributed by atoms with Crippen molar-refractivity contribution in [2.75, 3.05) is 20.8 Å². The monoisotopic (exact) mass is 243 g/mol. The van der Waals surface area contributed by atoms with Gasteiger partial charge in [-0.1, -0.05) is 25.7 Å². The van der Waals surface area contributed by atoms with Crippen molar-refractivity contribution in [2.24, 2.45) is 0 Å². The molecule has 0 amide bonds. The van der Waals surface area contributed by atoms with E-state index in [-0.39, 0.29) is 12.0 Å². The van der Waals surface area contributed by atoms with Crippen molar-refractivity contribution >= 4 is 5.97 Å². The Morgan fingerprint density at radius 3 is 2.47 bits per heavy atom. The molecule has 0 saturated heterocycles. The van der Waals surface area contributed by atoms with E-state index in [1.807, 2.05) is 0 Å². The van der Waals surface area contributed by atoms with Crippen LogP contribution in [-0.4, -0.2) is 38.9 Å². The Kier molecular flexibility index (Phi) is 7.21. The molecule has 0 radical (unpaired) electrons. The van der Waals surface area contributed by atoms with E-state index in [9.17, 15) is 4.79 Å². The highest BCUT2D eigenvalue weighted by Crippen LogP contribution is 2.19. The molecule has 4 nitrogen and oxygen atoms in total. The van der Waals surface area contributed by atoms with Crippen LogP contribution in [0.15, 0.2) is 0 Å². The van der Waals surface area contributed by atoms with Gasteiger partial charge < -0.3 is 14.8 Å². The van der Waals surface area contributed by atoms with Crippen molar-refractivity contribution in [1.82, 2.24) is 5.32 Å². The van der Waals surface area contributed by atoms with Crippen molar-refractivity contribution in [3.05, 3.63) is 0 Å². The van der Waals surface area contributed by atoms with E-state index in [1.54, 1.807) is 7.05 Å². The number of methoxy groups -OCH3 is 1. The molecule has 0 aromatic rings. The van der Waals surface area contributed by atoms with Crippen molar-refractivity contribution < 1.29 is 14.3 Å². The zero-order valence-corrected chi connectivity index (χ0v) is 11.0. The topological polar surface area (TPSA) is 47.6 Å². The minimum atomic E-state index is -0.245. The molecule has 0 aromatic heterocycles. The summed E-state index contributed by atoms with van der Waals surface area (Å²) in [6.07, 6.45) is 8.63. The summed E-state index contributed by atoms with van der Waals surface area (Å²) in [5, 5.41) is 2.95. The quantitative estimate of drug-likeness (QED) is 0.571. The predicted molar refractivity (Wildman–Crippen MR) is 66.9 cm³/mol. The third kappa shape index (κ3) is 5.50. The van der Waals surface area contributed by atoms with Crippen LogP contribution in [0.4, 0.5) is 0 Å². The highest BCUT2D eigenvalue weighted by Gasteiger charge is 2.18. The van der Waals surface area contributed by atoms with Gasteiger partial charge in [-0.25, -0.2) is 0 Å². The van der Waals surface area contributed by atoms with E-state index in [0.717, 1.165) is 0 Å². The first-order valence-corrected chi connectivity index (χ1v) is 6.64. The fraction of sp³-hybridized carbons (Fsp3) is 0.923. The molecule has 1 atom stereocenters. The van der Waals surface area contributed by atoms with Crippen LogP contribution in [0.3, 0.4) is 0 Å². The Hall–Kier alpha value is -0.610. The summed E-state index contributed by atoms with van der Waals surface area (Å²) in [5.74, 6) is -0.211. The number of rotatable bonds is 6. The maximum Gasteiger partial charge on any atom is 0.322 e. The van der Waals surface area contributed by atoms with E-state index in [4.69, 9.17) is 9.47 Å². The lowest BCUT2D eigenvalue weighted by Crippen LogP contribution is -2.36. The molecule has 0 aromatic carbocycles. The van der Waals surface area contributed by atoms with Gasteiger partial charge in [-0.15, -0.1) is 0 Å². The molecule has 1 fully saturated rings. The predicted octanol–water partition coefficient (Wildman–Crippen LogP) is 1.88. The molecule has 1 aliphatic rings. The van der Waals surface area contributed by atoms with Gasteiger partial charge in [0.05, 0.1) is 13.2 Å². The molecule has 0 spiro atoms. The number of carbonyl (C=O) groups is 1. The van der Waals surface area contributed by atoms with Gasteiger partial charge in [0.2, 0.25) is 0 Å². The normalized spacial score (nSPS) is 19.6. The van der Waals surface area contributed by atoms with Crippen LogP contribution >= 0.6 is 0 Å². The molecule has 100 valence electrons. The second-order valence-electron chi connectivity index (χ2n) is 4.64. The van der Waals surface area contributed by atoms with Crippen LogP contribution < -0.4 is 5.32 Å². The molecule has 0 aliphatic heterocycles. The van der Waals surface area contributed by atoms with E-state index in [2.05, 4.69) is 5.32 Å². The molecular weight excluding hydrogens is 218 g/mol. The Morgan fingerprint density at radius 1 is 1.29 bits per heavy atom. The minimum absolute atomic E-state index is 0.211. The van der Waals surface area contributed by atoms with Crippen LogP contribution in [0.25, 0.3) is 0 Å². The Labute approximate surface area is 104 Å². The summed E-state index contributed by atoms with van der Waals surface area (Å²) in [5.41, 5.74) is 0. The molecule has 17 heavy (non-hydrogen) atoms. The summed E-state index contributed by atoms with van der Waals surface area (Å²) in [4.78, 5) is 11.3. The van der Waals surface area contributed by atoms with Gasteiger partial charge in [0.15, 0.2) is 0 Å². The summed E-state index contributed by atoms with van der Waals surface area (Å²) < 4.78 is 10.6. The van der Waals surface area contributed by atoms with Crippen LogP contribution in [0, 0.1) is 0 Å². The number of nitrogens with one attached hydrogen (secondary N) is 1. The van der Waals surface area contributed by atoms with Crippen LogP contribution in [0.5, 0.6) is 0 Å². The third-order valence-electron chi connectivity index (χ3n) is 3.40. The standard InChI is InChI=1S/C13H25NO3/c1-14-12(13(15)16-2)9-10-17-11-7-5-3-4-6-8-11/h11-12,14H,3-10H2,1-2H3. The van der Waals surface area contributed by atoms with Gasteiger partial charge in [-0.05, 0) is 26.3 Å². The first kappa shape index (κ1) is 14.5. The highest BCUT2D eigenvalue weighted by molar-refractivity contribution is 5.75. The number of esters is 1. The van der Waals surface area contributed by atoms with Gasteiger partial charge >= 0.3 is 5.97 Å². The number of ether oxygens (including phenoxy) is 2. The first-order valence-electron chi connectivity index (χ1n) is 6.64. The zero-order valence-electron chi connectivity index (χ0n) is 11.0. The first-order chi connectivity index (χ1) is 8.27. The number of hydrogen-bond donors (Lipinski definition) is 1. The second-order valence-corrected chi connectivity index (χ2v) is 4.64. The second kappa shape index (κ2) is 8.48. The molecule has 1 unspecified atom stereocenters. The highest BCUT2D eigenvalue weighted by atomic mass is 16.5. The average Bonchev–Trinajstić information content (AvgIpc) is 2.62. The van der Waals surface area contributed by atoms with E-state index in [1.165, 1.54) is 45.6 Å². The number of carbonyl (C=O) groups excluding carboxylic acids is 1. The number of likely N-dealkylation sites (N-methyl/N-ethyl adjacent to an activating group) is 1. The maximum absolute atomic E-state index is 11.3. The Bertz CT molecular complexity index is 213. The fourth-order valence-corrected chi connectivity index (χ4v) is 2.28. The molecular formula is C13H25NO3.